The van der Waals surface area contributed by atoms with Gasteiger partial charge in [-0.2, -0.15) is 5.10 Å². The summed E-state index contributed by atoms with van der Waals surface area (Å²) in [7, 11) is 2.00. The average molecular weight is 235 g/mol. The monoisotopic (exact) mass is 235 g/mol. The van der Waals surface area contributed by atoms with Gasteiger partial charge < -0.3 is 5.32 Å². The number of nitrogens with zero attached hydrogens (tertiary/aromatic N) is 2. The van der Waals surface area contributed by atoms with E-state index in [1.54, 1.807) is 0 Å². The fourth-order valence-electron chi connectivity index (χ4n) is 2.71. The first-order chi connectivity index (χ1) is 8.19. The molecular weight excluding hydrogens is 210 g/mol. The number of rotatable bonds is 7. The van der Waals surface area contributed by atoms with Crippen LogP contribution >= 0.6 is 0 Å². The Morgan fingerprint density at radius 3 is 2.76 bits per heavy atom. The van der Waals surface area contributed by atoms with Crippen molar-refractivity contribution in [2.45, 2.75) is 52.5 Å². The smallest absolute Gasteiger partial charge is 0.0666 e. The van der Waals surface area contributed by atoms with Gasteiger partial charge in [-0.1, -0.05) is 20.3 Å². The predicted octanol–water partition coefficient (Wildman–Crippen LogP) is 2.65. The first kappa shape index (κ1) is 12.6. The van der Waals surface area contributed by atoms with Gasteiger partial charge in [0.2, 0.25) is 0 Å². The van der Waals surface area contributed by atoms with E-state index in [1.165, 1.54) is 43.5 Å². The van der Waals surface area contributed by atoms with Crippen molar-refractivity contribution in [1.29, 1.82) is 0 Å². The molecule has 0 spiro atoms. The molecule has 1 aliphatic rings. The van der Waals surface area contributed by atoms with Crippen LogP contribution in [0.15, 0.2) is 6.20 Å². The third-order valence-corrected chi connectivity index (χ3v) is 3.88. The zero-order valence-electron chi connectivity index (χ0n) is 11.4. The van der Waals surface area contributed by atoms with Gasteiger partial charge in [-0.05, 0) is 31.1 Å². The number of aromatic nitrogens is 2. The highest BCUT2D eigenvalue weighted by atomic mass is 15.3. The Morgan fingerprint density at radius 1 is 1.41 bits per heavy atom. The topological polar surface area (TPSA) is 29.9 Å². The highest BCUT2D eigenvalue weighted by Crippen LogP contribution is 2.48. The summed E-state index contributed by atoms with van der Waals surface area (Å²) >= 11 is 0. The number of hydrogen-bond acceptors (Lipinski definition) is 2. The number of aryl methyl sites for hydroxylation is 2. The van der Waals surface area contributed by atoms with E-state index in [9.17, 15) is 0 Å². The van der Waals surface area contributed by atoms with Crippen molar-refractivity contribution in [2.75, 3.05) is 6.54 Å². The van der Waals surface area contributed by atoms with Crippen LogP contribution in [0.5, 0.6) is 0 Å². The maximum atomic E-state index is 4.47. The second-order valence-corrected chi connectivity index (χ2v) is 5.48. The molecule has 0 unspecified atom stereocenters. The predicted molar refractivity (Wildman–Crippen MR) is 70.9 cm³/mol. The normalized spacial score (nSPS) is 17.4. The van der Waals surface area contributed by atoms with Crippen LogP contribution in [0, 0.1) is 5.41 Å². The molecule has 0 radical (unpaired) electrons. The lowest BCUT2D eigenvalue weighted by atomic mass is 10.0. The first-order valence-corrected chi connectivity index (χ1v) is 6.91. The largest absolute Gasteiger partial charge is 0.312 e. The van der Waals surface area contributed by atoms with Crippen molar-refractivity contribution in [3.8, 4) is 0 Å². The van der Waals surface area contributed by atoms with Crippen LogP contribution in [0.1, 0.15) is 50.8 Å². The molecule has 2 rings (SSSR count). The Morgan fingerprint density at radius 2 is 2.18 bits per heavy atom. The van der Waals surface area contributed by atoms with Crippen molar-refractivity contribution in [2.24, 2.45) is 12.5 Å². The fourth-order valence-corrected chi connectivity index (χ4v) is 2.71. The molecule has 3 nitrogen and oxygen atoms in total. The van der Waals surface area contributed by atoms with E-state index in [4.69, 9.17) is 0 Å². The van der Waals surface area contributed by atoms with Gasteiger partial charge in [0.05, 0.1) is 5.69 Å². The maximum absolute atomic E-state index is 4.47. The zero-order chi connectivity index (χ0) is 12.3. The molecule has 1 heterocycles. The van der Waals surface area contributed by atoms with Crippen LogP contribution < -0.4 is 5.32 Å². The van der Waals surface area contributed by atoms with E-state index in [0.717, 1.165) is 13.0 Å². The molecule has 1 N–H and O–H groups in total. The highest BCUT2D eigenvalue weighted by molar-refractivity contribution is 5.16. The second kappa shape index (κ2) is 5.21. The third kappa shape index (κ3) is 3.09. The number of hydrogen-bond donors (Lipinski definition) is 1. The zero-order valence-corrected chi connectivity index (χ0v) is 11.4. The molecule has 0 bridgehead atoms. The Balaban J connectivity index is 1.81. The summed E-state index contributed by atoms with van der Waals surface area (Å²) in [6, 6.07) is 0. The molecular formula is C14H25N3. The minimum atomic E-state index is 0.642. The summed E-state index contributed by atoms with van der Waals surface area (Å²) in [5.74, 6) is 0. The van der Waals surface area contributed by atoms with Crippen LogP contribution in [-0.2, 0) is 20.0 Å². The minimum absolute atomic E-state index is 0.642. The molecule has 0 saturated heterocycles. The van der Waals surface area contributed by atoms with Gasteiger partial charge in [0.25, 0.3) is 0 Å². The van der Waals surface area contributed by atoms with Crippen LogP contribution in [0.3, 0.4) is 0 Å². The van der Waals surface area contributed by atoms with Gasteiger partial charge in [0.15, 0.2) is 0 Å². The van der Waals surface area contributed by atoms with Gasteiger partial charge in [-0.25, -0.2) is 0 Å². The Bertz CT molecular complexity index is 364. The second-order valence-electron chi connectivity index (χ2n) is 5.48. The minimum Gasteiger partial charge on any atom is -0.312 e. The molecule has 17 heavy (non-hydrogen) atoms. The van der Waals surface area contributed by atoms with Gasteiger partial charge in [0.1, 0.15) is 0 Å². The van der Waals surface area contributed by atoms with E-state index in [0.29, 0.717) is 5.41 Å². The lowest BCUT2D eigenvalue weighted by Gasteiger charge is -2.14. The van der Waals surface area contributed by atoms with Gasteiger partial charge in [-0.15, -0.1) is 0 Å². The van der Waals surface area contributed by atoms with Crippen LogP contribution in [0.25, 0.3) is 0 Å². The standard InChI is InChI=1S/C14H25N3/c1-4-6-14(7-8-14)11-15-9-12-10-17(3)16-13(12)5-2/h10,15H,4-9,11H2,1-3H3. The molecule has 1 aromatic rings. The van der Waals surface area contributed by atoms with Crippen LogP contribution in [0.4, 0.5) is 0 Å². The summed E-state index contributed by atoms with van der Waals surface area (Å²) in [6.45, 7) is 6.61. The Labute approximate surface area is 105 Å². The van der Waals surface area contributed by atoms with Gasteiger partial charge >= 0.3 is 0 Å². The fraction of sp³-hybridized carbons (Fsp3) is 0.786. The molecule has 0 aliphatic heterocycles. The van der Waals surface area contributed by atoms with Crippen molar-refractivity contribution >= 4 is 0 Å². The maximum Gasteiger partial charge on any atom is 0.0666 e. The summed E-state index contributed by atoms with van der Waals surface area (Å²) in [4.78, 5) is 0. The quantitative estimate of drug-likeness (QED) is 0.787. The molecule has 0 aromatic carbocycles. The molecule has 1 fully saturated rings. The lowest BCUT2D eigenvalue weighted by Crippen LogP contribution is -2.23. The Hall–Kier alpha value is -0.830. The van der Waals surface area contributed by atoms with Crippen molar-refractivity contribution in [1.82, 2.24) is 15.1 Å². The van der Waals surface area contributed by atoms with E-state index >= 15 is 0 Å². The van der Waals surface area contributed by atoms with Crippen LogP contribution in [0.2, 0.25) is 0 Å². The lowest BCUT2D eigenvalue weighted by molar-refractivity contribution is 0.420. The van der Waals surface area contributed by atoms with Gasteiger partial charge in [0, 0.05) is 31.9 Å². The summed E-state index contributed by atoms with van der Waals surface area (Å²) < 4.78 is 1.93. The molecule has 1 saturated carbocycles. The van der Waals surface area contributed by atoms with E-state index in [-0.39, 0.29) is 0 Å². The molecule has 0 atom stereocenters. The summed E-state index contributed by atoms with van der Waals surface area (Å²) in [5, 5.41) is 8.10. The van der Waals surface area contributed by atoms with Crippen LogP contribution in [-0.4, -0.2) is 16.3 Å². The first-order valence-electron chi connectivity index (χ1n) is 6.91. The molecule has 1 aliphatic carbocycles. The van der Waals surface area contributed by atoms with E-state index in [1.807, 2.05) is 11.7 Å². The average Bonchev–Trinajstić information content (AvgIpc) is 2.96. The molecule has 3 heteroatoms. The summed E-state index contributed by atoms with van der Waals surface area (Å²) in [6.07, 6.45) is 8.70. The van der Waals surface area contributed by atoms with E-state index < -0.39 is 0 Å². The molecule has 0 amide bonds. The Kier molecular flexibility index (Phi) is 3.87. The SMILES string of the molecule is CCCC1(CNCc2cn(C)nc2CC)CC1. The highest BCUT2D eigenvalue weighted by Gasteiger charge is 2.40. The van der Waals surface area contributed by atoms with E-state index in [2.05, 4.69) is 30.5 Å². The summed E-state index contributed by atoms with van der Waals surface area (Å²) in [5.41, 5.74) is 3.24. The number of nitrogens with one attached hydrogen (secondary N) is 1. The third-order valence-electron chi connectivity index (χ3n) is 3.88. The molecule has 1 aromatic heterocycles. The van der Waals surface area contributed by atoms with Crippen molar-refractivity contribution in [3.63, 3.8) is 0 Å². The van der Waals surface area contributed by atoms with Crippen molar-refractivity contribution < 1.29 is 0 Å². The van der Waals surface area contributed by atoms with Crippen molar-refractivity contribution in [3.05, 3.63) is 17.5 Å². The van der Waals surface area contributed by atoms with Gasteiger partial charge in [-0.3, -0.25) is 4.68 Å². The molecule has 96 valence electrons.